The van der Waals surface area contributed by atoms with E-state index in [0.717, 1.165) is 0 Å². The highest BCUT2D eigenvalue weighted by Gasteiger charge is 2.15. The largest absolute Gasteiger partial charge is 0.464 e. The number of carbonyl (C=O) groups is 1. The number of nitrogens with zero attached hydrogens (tertiary/aromatic N) is 1. The Hall–Kier alpha value is -1.32. The lowest BCUT2D eigenvalue weighted by Gasteiger charge is -1.91. The standard InChI is InChI=1S/C8H11NO3/c1-4-6-9-7(5(2)12-6)8(10)11-3/h4H2,1-3H3. The van der Waals surface area contributed by atoms with Crippen LogP contribution in [0.15, 0.2) is 4.42 Å². The second-order valence-electron chi connectivity index (χ2n) is 2.36. The first kappa shape index (κ1) is 8.77. The zero-order valence-electron chi connectivity index (χ0n) is 7.38. The molecule has 0 aliphatic heterocycles. The van der Waals surface area contributed by atoms with E-state index in [1.807, 2.05) is 6.92 Å². The van der Waals surface area contributed by atoms with Crippen molar-refractivity contribution >= 4 is 5.97 Å². The Morgan fingerprint density at radius 3 is 2.75 bits per heavy atom. The summed E-state index contributed by atoms with van der Waals surface area (Å²) >= 11 is 0. The van der Waals surface area contributed by atoms with Crippen molar-refractivity contribution in [2.24, 2.45) is 0 Å². The van der Waals surface area contributed by atoms with Crippen LogP contribution < -0.4 is 0 Å². The lowest BCUT2D eigenvalue weighted by Crippen LogP contribution is -2.03. The highest BCUT2D eigenvalue weighted by Crippen LogP contribution is 2.10. The average Bonchev–Trinajstić information content (AvgIpc) is 2.45. The zero-order valence-corrected chi connectivity index (χ0v) is 7.38. The number of methoxy groups -OCH3 is 1. The molecule has 4 nitrogen and oxygen atoms in total. The number of rotatable bonds is 2. The SMILES string of the molecule is CCc1nc(C(=O)OC)c(C)o1. The van der Waals surface area contributed by atoms with E-state index in [4.69, 9.17) is 4.42 Å². The molecular weight excluding hydrogens is 158 g/mol. The fraction of sp³-hybridized carbons (Fsp3) is 0.500. The number of ether oxygens (including phenoxy) is 1. The number of aromatic nitrogens is 1. The van der Waals surface area contributed by atoms with E-state index < -0.39 is 5.97 Å². The second-order valence-corrected chi connectivity index (χ2v) is 2.36. The minimum absolute atomic E-state index is 0.273. The maximum atomic E-state index is 11.0. The first-order valence-corrected chi connectivity index (χ1v) is 3.73. The van der Waals surface area contributed by atoms with Crippen LogP contribution in [-0.4, -0.2) is 18.1 Å². The summed E-state index contributed by atoms with van der Waals surface area (Å²) in [5.74, 6) is 0.627. The van der Waals surface area contributed by atoms with Crippen molar-refractivity contribution in [1.29, 1.82) is 0 Å². The molecule has 0 aromatic carbocycles. The maximum Gasteiger partial charge on any atom is 0.360 e. The smallest absolute Gasteiger partial charge is 0.360 e. The summed E-state index contributed by atoms with van der Waals surface area (Å²) in [6.07, 6.45) is 0.678. The summed E-state index contributed by atoms with van der Waals surface area (Å²) in [7, 11) is 1.32. The molecule has 0 amide bonds. The Bertz CT molecular complexity index is 290. The number of oxazole rings is 1. The van der Waals surface area contributed by atoms with Gasteiger partial charge >= 0.3 is 5.97 Å². The molecule has 0 bridgehead atoms. The Morgan fingerprint density at radius 1 is 1.67 bits per heavy atom. The van der Waals surface area contributed by atoms with Gasteiger partial charge in [0.2, 0.25) is 0 Å². The van der Waals surface area contributed by atoms with Crippen molar-refractivity contribution in [1.82, 2.24) is 4.98 Å². The molecule has 0 saturated heterocycles. The zero-order chi connectivity index (χ0) is 9.14. The minimum atomic E-state index is -0.448. The molecular formula is C8H11NO3. The molecule has 0 saturated carbocycles. The van der Waals surface area contributed by atoms with Gasteiger partial charge in [-0.15, -0.1) is 0 Å². The second kappa shape index (κ2) is 3.38. The van der Waals surface area contributed by atoms with Gasteiger partial charge < -0.3 is 9.15 Å². The lowest BCUT2D eigenvalue weighted by atomic mass is 10.4. The molecule has 1 aromatic rings. The fourth-order valence-electron chi connectivity index (χ4n) is 0.889. The number of aryl methyl sites for hydroxylation is 2. The van der Waals surface area contributed by atoms with Gasteiger partial charge in [0.1, 0.15) is 5.76 Å². The Morgan fingerprint density at radius 2 is 2.33 bits per heavy atom. The van der Waals surface area contributed by atoms with E-state index in [1.54, 1.807) is 6.92 Å². The van der Waals surface area contributed by atoms with Crippen molar-refractivity contribution < 1.29 is 13.9 Å². The first-order valence-electron chi connectivity index (χ1n) is 3.73. The van der Waals surface area contributed by atoms with Gasteiger partial charge in [0, 0.05) is 6.42 Å². The van der Waals surface area contributed by atoms with Gasteiger partial charge in [-0.2, -0.15) is 0 Å². The summed E-state index contributed by atoms with van der Waals surface area (Å²) in [6.45, 7) is 3.60. The maximum absolute atomic E-state index is 11.0. The molecule has 0 spiro atoms. The van der Waals surface area contributed by atoms with Gasteiger partial charge in [0.25, 0.3) is 0 Å². The van der Waals surface area contributed by atoms with Crippen LogP contribution in [0.1, 0.15) is 29.1 Å². The van der Waals surface area contributed by atoms with Crippen LogP contribution in [0.3, 0.4) is 0 Å². The van der Waals surface area contributed by atoms with Crippen LogP contribution in [0.2, 0.25) is 0 Å². The number of hydrogen-bond acceptors (Lipinski definition) is 4. The molecule has 0 radical (unpaired) electrons. The molecule has 1 heterocycles. The van der Waals surface area contributed by atoms with Crippen molar-refractivity contribution in [2.45, 2.75) is 20.3 Å². The molecule has 4 heteroatoms. The Kier molecular flexibility index (Phi) is 2.47. The third-order valence-corrected chi connectivity index (χ3v) is 1.52. The van der Waals surface area contributed by atoms with E-state index >= 15 is 0 Å². The van der Waals surface area contributed by atoms with Crippen LogP contribution in [0, 0.1) is 6.92 Å². The lowest BCUT2D eigenvalue weighted by molar-refractivity contribution is 0.0593. The monoisotopic (exact) mass is 169 g/mol. The van der Waals surface area contributed by atoms with Gasteiger partial charge in [-0.05, 0) is 6.92 Å². The average molecular weight is 169 g/mol. The summed E-state index contributed by atoms with van der Waals surface area (Å²) in [5, 5.41) is 0. The topological polar surface area (TPSA) is 52.3 Å². The van der Waals surface area contributed by atoms with Crippen molar-refractivity contribution in [2.75, 3.05) is 7.11 Å². The number of esters is 1. The van der Waals surface area contributed by atoms with Gasteiger partial charge in [0.05, 0.1) is 7.11 Å². The van der Waals surface area contributed by atoms with E-state index in [-0.39, 0.29) is 5.69 Å². The van der Waals surface area contributed by atoms with Gasteiger partial charge in [-0.1, -0.05) is 6.92 Å². The van der Waals surface area contributed by atoms with Crippen molar-refractivity contribution in [3.8, 4) is 0 Å². The minimum Gasteiger partial charge on any atom is -0.464 e. The van der Waals surface area contributed by atoms with Gasteiger partial charge in [0.15, 0.2) is 11.6 Å². The molecule has 1 aromatic heterocycles. The fourth-order valence-corrected chi connectivity index (χ4v) is 0.889. The summed E-state index contributed by atoms with van der Waals surface area (Å²) < 4.78 is 9.69. The molecule has 1 rings (SSSR count). The van der Waals surface area contributed by atoms with Crippen molar-refractivity contribution in [3.05, 3.63) is 17.3 Å². The predicted octanol–water partition coefficient (Wildman–Crippen LogP) is 1.33. The number of hydrogen-bond donors (Lipinski definition) is 0. The van der Waals surface area contributed by atoms with E-state index in [1.165, 1.54) is 7.11 Å². The van der Waals surface area contributed by atoms with E-state index in [9.17, 15) is 4.79 Å². The predicted molar refractivity (Wildman–Crippen MR) is 42.0 cm³/mol. The number of carbonyl (C=O) groups excluding carboxylic acids is 1. The molecule has 0 aliphatic carbocycles. The summed E-state index contributed by atoms with van der Waals surface area (Å²) in [6, 6.07) is 0. The molecule has 0 atom stereocenters. The van der Waals surface area contributed by atoms with Gasteiger partial charge in [-0.3, -0.25) is 0 Å². The summed E-state index contributed by atoms with van der Waals surface area (Å²) in [5.41, 5.74) is 0.273. The van der Waals surface area contributed by atoms with Crippen LogP contribution in [0.25, 0.3) is 0 Å². The van der Waals surface area contributed by atoms with Gasteiger partial charge in [-0.25, -0.2) is 9.78 Å². The third kappa shape index (κ3) is 1.47. The highest BCUT2D eigenvalue weighted by molar-refractivity contribution is 5.88. The van der Waals surface area contributed by atoms with E-state index in [2.05, 4.69) is 9.72 Å². The van der Waals surface area contributed by atoms with Crippen LogP contribution in [0.4, 0.5) is 0 Å². The van der Waals surface area contributed by atoms with Crippen molar-refractivity contribution in [3.63, 3.8) is 0 Å². The molecule has 0 N–H and O–H groups in total. The van der Waals surface area contributed by atoms with Crippen LogP contribution in [0.5, 0.6) is 0 Å². The Labute approximate surface area is 70.5 Å². The molecule has 0 unspecified atom stereocenters. The molecule has 66 valence electrons. The molecule has 0 fully saturated rings. The summed E-state index contributed by atoms with van der Waals surface area (Å²) in [4.78, 5) is 15.0. The Balaban J connectivity index is 2.99. The van der Waals surface area contributed by atoms with E-state index in [0.29, 0.717) is 18.1 Å². The first-order chi connectivity index (χ1) is 5.69. The molecule has 0 aliphatic rings. The highest BCUT2D eigenvalue weighted by atomic mass is 16.5. The van der Waals surface area contributed by atoms with Crippen LogP contribution >= 0.6 is 0 Å². The molecule has 12 heavy (non-hydrogen) atoms. The quantitative estimate of drug-likeness (QED) is 0.627. The van der Waals surface area contributed by atoms with Crippen LogP contribution in [-0.2, 0) is 11.2 Å². The normalized spacial score (nSPS) is 9.92. The third-order valence-electron chi connectivity index (χ3n) is 1.52.